The van der Waals surface area contributed by atoms with Crippen molar-refractivity contribution in [2.75, 3.05) is 12.4 Å². The molecule has 5 nitrogen and oxygen atoms in total. The first-order valence-corrected chi connectivity index (χ1v) is 3.89. The maximum atomic E-state index is 10.9. The number of hydrogen-bond acceptors (Lipinski definition) is 4. The number of nitrogens with one attached hydrogen (secondary N) is 1. The number of amides is 1. The summed E-state index contributed by atoms with van der Waals surface area (Å²) in [6.45, 7) is 3.61. The van der Waals surface area contributed by atoms with E-state index < -0.39 is 5.91 Å². The van der Waals surface area contributed by atoms with E-state index in [-0.39, 0.29) is 5.69 Å². The van der Waals surface area contributed by atoms with Gasteiger partial charge < -0.3 is 11.1 Å². The molecule has 1 aromatic heterocycles. The molecule has 0 aromatic carbocycles. The average Bonchev–Trinajstić information content (AvgIpc) is 2.08. The Morgan fingerprint density at radius 1 is 1.31 bits per heavy atom. The summed E-state index contributed by atoms with van der Waals surface area (Å²) in [5.41, 5.74) is 6.82. The molecule has 70 valence electrons. The third-order valence-electron chi connectivity index (χ3n) is 1.78. The van der Waals surface area contributed by atoms with Gasteiger partial charge in [-0.05, 0) is 13.8 Å². The molecule has 1 aromatic rings. The third kappa shape index (κ3) is 1.74. The molecule has 0 atom stereocenters. The van der Waals surface area contributed by atoms with Gasteiger partial charge in [0.25, 0.3) is 5.91 Å². The lowest BCUT2D eigenvalue weighted by Crippen LogP contribution is -2.17. The van der Waals surface area contributed by atoms with Crippen molar-refractivity contribution in [2.24, 2.45) is 5.73 Å². The highest BCUT2D eigenvalue weighted by Crippen LogP contribution is 2.11. The lowest BCUT2D eigenvalue weighted by molar-refractivity contribution is 0.0996. The van der Waals surface area contributed by atoms with Crippen molar-refractivity contribution in [3.8, 4) is 0 Å². The predicted octanol–water partition coefficient (Wildman–Crippen LogP) is 0.234. The molecule has 1 heterocycles. The lowest BCUT2D eigenvalue weighted by Gasteiger charge is -2.06. The predicted molar refractivity (Wildman–Crippen MR) is 49.6 cm³/mol. The summed E-state index contributed by atoms with van der Waals surface area (Å²) < 4.78 is 0. The Bertz CT molecular complexity index is 348. The number of carbonyl (C=O) groups is 1. The molecule has 0 aliphatic carbocycles. The van der Waals surface area contributed by atoms with Crippen LogP contribution >= 0.6 is 0 Å². The zero-order chi connectivity index (χ0) is 10.0. The third-order valence-corrected chi connectivity index (χ3v) is 1.78. The largest absolute Gasteiger partial charge is 0.371 e. The van der Waals surface area contributed by atoms with Gasteiger partial charge in [-0.15, -0.1) is 0 Å². The Hall–Kier alpha value is -1.65. The molecule has 5 heteroatoms. The fraction of sp³-hybridized carbons (Fsp3) is 0.375. The summed E-state index contributed by atoms with van der Waals surface area (Å²) in [7, 11) is 1.67. The molecule has 0 bridgehead atoms. The fourth-order valence-corrected chi connectivity index (χ4v) is 0.949. The summed E-state index contributed by atoms with van der Waals surface area (Å²) in [5.74, 6) is -0.143. The number of nitrogens with zero attached hydrogens (tertiary/aromatic N) is 2. The standard InChI is InChI=1S/C8H12N4O/c1-4-5(2)12-8(10-3)6(11-4)7(9)13/h1-3H3,(H2,9,13)(H,10,12). The highest BCUT2D eigenvalue weighted by Gasteiger charge is 2.12. The van der Waals surface area contributed by atoms with Gasteiger partial charge in [-0.25, -0.2) is 9.97 Å². The van der Waals surface area contributed by atoms with Crippen molar-refractivity contribution < 1.29 is 4.79 Å². The first kappa shape index (κ1) is 9.44. The minimum atomic E-state index is -0.569. The van der Waals surface area contributed by atoms with Crippen LogP contribution in [0.2, 0.25) is 0 Å². The van der Waals surface area contributed by atoms with Gasteiger partial charge in [-0.2, -0.15) is 0 Å². The number of aromatic nitrogens is 2. The van der Waals surface area contributed by atoms with Crippen LogP contribution in [-0.2, 0) is 0 Å². The smallest absolute Gasteiger partial charge is 0.271 e. The Kier molecular flexibility index (Phi) is 2.46. The number of carbonyl (C=O) groups excluding carboxylic acids is 1. The highest BCUT2D eigenvalue weighted by atomic mass is 16.1. The number of nitrogens with two attached hydrogens (primary N) is 1. The first-order valence-electron chi connectivity index (χ1n) is 3.89. The topological polar surface area (TPSA) is 80.9 Å². The zero-order valence-corrected chi connectivity index (χ0v) is 7.88. The number of aryl methyl sites for hydroxylation is 2. The minimum Gasteiger partial charge on any atom is -0.371 e. The zero-order valence-electron chi connectivity index (χ0n) is 7.88. The second-order valence-electron chi connectivity index (χ2n) is 2.71. The van der Waals surface area contributed by atoms with Crippen LogP contribution in [-0.4, -0.2) is 22.9 Å². The van der Waals surface area contributed by atoms with E-state index in [1.807, 2.05) is 6.92 Å². The summed E-state index contributed by atoms with van der Waals surface area (Å²) in [4.78, 5) is 19.1. The van der Waals surface area contributed by atoms with E-state index >= 15 is 0 Å². The fourth-order valence-electron chi connectivity index (χ4n) is 0.949. The maximum absolute atomic E-state index is 10.9. The molecule has 0 aliphatic rings. The summed E-state index contributed by atoms with van der Waals surface area (Å²) in [6, 6.07) is 0. The molecule has 0 spiro atoms. The average molecular weight is 180 g/mol. The number of anilines is 1. The van der Waals surface area contributed by atoms with Crippen LogP contribution in [0.5, 0.6) is 0 Å². The van der Waals surface area contributed by atoms with Gasteiger partial charge in [0.05, 0.1) is 11.4 Å². The SMILES string of the molecule is CNc1nc(C)c(C)nc1C(N)=O. The molecular weight excluding hydrogens is 168 g/mol. The Balaban J connectivity index is 3.33. The van der Waals surface area contributed by atoms with Gasteiger partial charge in [0.15, 0.2) is 11.5 Å². The van der Waals surface area contributed by atoms with E-state index in [0.717, 1.165) is 5.69 Å². The van der Waals surface area contributed by atoms with Crippen molar-refractivity contribution in [2.45, 2.75) is 13.8 Å². The second-order valence-corrected chi connectivity index (χ2v) is 2.71. The van der Waals surface area contributed by atoms with Crippen molar-refractivity contribution in [1.29, 1.82) is 0 Å². The maximum Gasteiger partial charge on any atom is 0.271 e. The molecule has 3 N–H and O–H groups in total. The van der Waals surface area contributed by atoms with Gasteiger partial charge in [-0.1, -0.05) is 0 Å². The van der Waals surface area contributed by atoms with E-state index in [0.29, 0.717) is 11.5 Å². The Morgan fingerprint density at radius 2 is 1.85 bits per heavy atom. The van der Waals surface area contributed by atoms with Crippen LogP contribution in [0, 0.1) is 13.8 Å². The molecular formula is C8H12N4O. The molecule has 1 amide bonds. The molecule has 0 radical (unpaired) electrons. The molecule has 0 aliphatic heterocycles. The number of hydrogen-bond donors (Lipinski definition) is 2. The van der Waals surface area contributed by atoms with Gasteiger partial charge in [0.1, 0.15) is 0 Å². The lowest BCUT2D eigenvalue weighted by atomic mass is 10.3. The van der Waals surface area contributed by atoms with Crippen LogP contribution in [0.1, 0.15) is 21.9 Å². The first-order chi connectivity index (χ1) is 6.06. The quantitative estimate of drug-likeness (QED) is 0.682. The van der Waals surface area contributed by atoms with Gasteiger partial charge >= 0.3 is 0 Å². The van der Waals surface area contributed by atoms with Crippen molar-refractivity contribution in [3.05, 3.63) is 17.1 Å². The summed E-state index contributed by atoms with van der Waals surface area (Å²) in [6.07, 6.45) is 0. The van der Waals surface area contributed by atoms with Crippen LogP contribution in [0.15, 0.2) is 0 Å². The van der Waals surface area contributed by atoms with E-state index in [1.165, 1.54) is 0 Å². The molecule has 0 unspecified atom stereocenters. The van der Waals surface area contributed by atoms with Crippen molar-refractivity contribution in [1.82, 2.24) is 9.97 Å². The van der Waals surface area contributed by atoms with Crippen LogP contribution in [0.4, 0.5) is 5.82 Å². The number of rotatable bonds is 2. The van der Waals surface area contributed by atoms with Crippen LogP contribution < -0.4 is 11.1 Å². The molecule has 1 rings (SSSR count). The Morgan fingerprint density at radius 3 is 2.31 bits per heavy atom. The van der Waals surface area contributed by atoms with Gasteiger partial charge in [0.2, 0.25) is 0 Å². The number of primary amides is 1. The summed E-state index contributed by atoms with van der Waals surface area (Å²) >= 11 is 0. The minimum absolute atomic E-state index is 0.186. The highest BCUT2D eigenvalue weighted by molar-refractivity contribution is 5.95. The van der Waals surface area contributed by atoms with Crippen molar-refractivity contribution in [3.63, 3.8) is 0 Å². The summed E-state index contributed by atoms with van der Waals surface area (Å²) in [5, 5.41) is 2.77. The molecule has 0 saturated carbocycles. The van der Waals surface area contributed by atoms with Crippen molar-refractivity contribution >= 4 is 11.7 Å². The molecule has 0 fully saturated rings. The normalized spacial score (nSPS) is 9.77. The monoisotopic (exact) mass is 180 g/mol. The second kappa shape index (κ2) is 3.38. The molecule has 13 heavy (non-hydrogen) atoms. The molecule has 0 saturated heterocycles. The Labute approximate surface area is 76.4 Å². The van der Waals surface area contributed by atoms with Crippen LogP contribution in [0.3, 0.4) is 0 Å². The van der Waals surface area contributed by atoms with E-state index in [9.17, 15) is 4.79 Å². The van der Waals surface area contributed by atoms with E-state index in [2.05, 4.69) is 15.3 Å². The van der Waals surface area contributed by atoms with E-state index in [1.54, 1.807) is 14.0 Å². The van der Waals surface area contributed by atoms with Gasteiger partial charge in [0, 0.05) is 7.05 Å². The van der Waals surface area contributed by atoms with E-state index in [4.69, 9.17) is 5.73 Å². The van der Waals surface area contributed by atoms with Crippen LogP contribution in [0.25, 0.3) is 0 Å². The van der Waals surface area contributed by atoms with Gasteiger partial charge in [-0.3, -0.25) is 4.79 Å².